The van der Waals surface area contributed by atoms with Crippen LogP contribution in [0.25, 0.3) is 5.70 Å². The second kappa shape index (κ2) is 13.6. The summed E-state index contributed by atoms with van der Waals surface area (Å²) >= 11 is 0. The minimum atomic E-state index is -0.960. The van der Waals surface area contributed by atoms with Crippen LogP contribution in [-0.4, -0.2) is 82.3 Å². The van der Waals surface area contributed by atoms with Gasteiger partial charge in [-0.05, 0) is 30.7 Å². The summed E-state index contributed by atoms with van der Waals surface area (Å²) in [6.07, 6.45) is 4.70. The third-order valence-corrected chi connectivity index (χ3v) is 7.57. The number of carbonyl (C=O) groups is 4. The zero-order valence-corrected chi connectivity index (χ0v) is 24.4. The number of methoxy groups -OCH3 is 1. The van der Waals surface area contributed by atoms with Crippen molar-refractivity contribution in [1.82, 2.24) is 19.8 Å². The highest BCUT2D eigenvalue weighted by Gasteiger charge is 2.47. The number of hydrogen-bond donors (Lipinski definition) is 0. The van der Waals surface area contributed by atoms with Crippen LogP contribution in [0.15, 0.2) is 66.9 Å². The molecule has 9 nitrogen and oxygen atoms in total. The lowest BCUT2D eigenvalue weighted by Gasteiger charge is -2.47. The van der Waals surface area contributed by atoms with Crippen molar-refractivity contribution < 1.29 is 23.9 Å². The van der Waals surface area contributed by atoms with Gasteiger partial charge in [0.1, 0.15) is 18.7 Å². The van der Waals surface area contributed by atoms with Crippen molar-refractivity contribution in [1.29, 1.82) is 0 Å². The van der Waals surface area contributed by atoms with Gasteiger partial charge in [-0.2, -0.15) is 0 Å². The van der Waals surface area contributed by atoms with Crippen LogP contribution in [0.4, 0.5) is 0 Å². The van der Waals surface area contributed by atoms with E-state index < -0.39 is 23.9 Å². The maximum absolute atomic E-state index is 14.5. The maximum atomic E-state index is 14.5. The smallest absolute Gasteiger partial charge is 0.269 e. The van der Waals surface area contributed by atoms with E-state index in [0.717, 1.165) is 24.8 Å². The van der Waals surface area contributed by atoms with Crippen molar-refractivity contribution in [2.45, 2.75) is 58.5 Å². The van der Waals surface area contributed by atoms with Crippen LogP contribution in [0.3, 0.4) is 0 Å². The fraction of sp³-hybridized carbons (Fsp3) is 0.438. The zero-order chi connectivity index (χ0) is 29.5. The molecular formula is C32H40N4O5. The van der Waals surface area contributed by atoms with E-state index in [1.807, 2.05) is 79.4 Å². The topological polar surface area (TPSA) is 90.5 Å². The lowest BCUT2D eigenvalue weighted by Crippen LogP contribution is -2.65. The second-order valence-electron chi connectivity index (χ2n) is 10.9. The van der Waals surface area contributed by atoms with Crippen molar-refractivity contribution in [3.63, 3.8) is 0 Å². The molecular weight excluding hydrogens is 520 g/mol. The van der Waals surface area contributed by atoms with Crippen LogP contribution in [-0.2, 0) is 30.3 Å². The first-order valence-corrected chi connectivity index (χ1v) is 14.3. The van der Waals surface area contributed by atoms with E-state index in [9.17, 15) is 19.2 Å². The van der Waals surface area contributed by atoms with Gasteiger partial charge < -0.3 is 14.5 Å². The first-order chi connectivity index (χ1) is 19.7. The van der Waals surface area contributed by atoms with Crippen molar-refractivity contribution in [2.75, 3.05) is 26.8 Å². The van der Waals surface area contributed by atoms with Crippen LogP contribution in [0.2, 0.25) is 0 Å². The van der Waals surface area contributed by atoms with Gasteiger partial charge in [0, 0.05) is 45.3 Å². The molecule has 218 valence electrons. The molecule has 4 rings (SSSR count). The monoisotopic (exact) mass is 560 g/mol. The highest BCUT2D eigenvalue weighted by molar-refractivity contribution is 5.99. The first-order valence-electron chi connectivity index (χ1n) is 14.3. The normalized spacial score (nSPS) is 18.3. The number of hydrazine groups is 1. The Morgan fingerprint density at radius 1 is 0.951 bits per heavy atom. The molecule has 2 heterocycles. The van der Waals surface area contributed by atoms with Crippen LogP contribution < -0.4 is 0 Å². The molecule has 0 N–H and O–H groups in total. The molecule has 2 aliphatic rings. The molecule has 1 saturated heterocycles. The summed E-state index contributed by atoms with van der Waals surface area (Å²) in [6.45, 7) is 6.11. The number of hydrogen-bond acceptors (Lipinski definition) is 5. The van der Waals surface area contributed by atoms with Gasteiger partial charge in [-0.3, -0.25) is 19.2 Å². The van der Waals surface area contributed by atoms with E-state index in [4.69, 9.17) is 4.74 Å². The van der Waals surface area contributed by atoms with Crippen molar-refractivity contribution >= 4 is 29.3 Å². The molecule has 2 aromatic rings. The predicted molar refractivity (Wildman–Crippen MR) is 155 cm³/mol. The van der Waals surface area contributed by atoms with Crippen LogP contribution >= 0.6 is 0 Å². The number of benzene rings is 2. The van der Waals surface area contributed by atoms with Gasteiger partial charge in [0.15, 0.2) is 0 Å². The van der Waals surface area contributed by atoms with Gasteiger partial charge in [-0.25, -0.2) is 10.0 Å². The third-order valence-electron chi connectivity index (χ3n) is 7.57. The zero-order valence-electron chi connectivity index (χ0n) is 24.4. The number of nitrogens with zero attached hydrogens (tertiary/aromatic N) is 4. The van der Waals surface area contributed by atoms with E-state index in [2.05, 4.69) is 0 Å². The fourth-order valence-corrected chi connectivity index (χ4v) is 5.63. The molecule has 2 aromatic carbocycles. The van der Waals surface area contributed by atoms with Gasteiger partial charge >= 0.3 is 0 Å². The molecule has 1 unspecified atom stereocenters. The molecule has 2 aliphatic heterocycles. The van der Waals surface area contributed by atoms with Gasteiger partial charge in [0.25, 0.3) is 11.8 Å². The van der Waals surface area contributed by atoms with E-state index in [1.165, 1.54) is 29.0 Å². The Balaban J connectivity index is 1.89. The van der Waals surface area contributed by atoms with Gasteiger partial charge in [-0.1, -0.05) is 74.5 Å². The van der Waals surface area contributed by atoms with Crippen molar-refractivity contribution in [3.8, 4) is 0 Å². The Morgan fingerprint density at radius 3 is 2.12 bits per heavy atom. The van der Waals surface area contributed by atoms with Crippen LogP contribution in [0, 0.1) is 5.92 Å². The minimum Gasteiger partial charge on any atom is -0.375 e. The lowest BCUT2D eigenvalue weighted by atomic mass is 9.97. The number of amides is 4. The molecule has 9 heteroatoms. The second-order valence-corrected chi connectivity index (χ2v) is 10.9. The number of ether oxygens (including phenoxy) is 1. The largest absolute Gasteiger partial charge is 0.375 e. The van der Waals surface area contributed by atoms with E-state index >= 15 is 0 Å². The van der Waals surface area contributed by atoms with Crippen molar-refractivity contribution in [3.05, 3.63) is 78.0 Å². The van der Waals surface area contributed by atoms with Gasteiger partial charge in [-0.15, -0.1) is 0 Å². The summed E-state index contributed by atoms with van der Waals surface area (Å²) in [6, 6.07) is 16.8. The highest BCUT2D eigenvalue weighted by Crippen LogP contribution is 2.33. The lowest BCUT2D eigenvalue weighted by molar-refractivity contribution is -0.171. The standard InChI is InChI=1S/C32H40N4O5/c1-23(2)30-32(40)36(28(26-16-10-6-11-17-26)21-34(30)29(38)22-41-4)35(24(3)37)27(20-25-14-8-5-9-15-25)31(39)33-18-12-7-13-19-33/h5-6,8-11,14-17,21,23,27,30H,7,12-13,18-20,22H2,1-4H3/t27-,30?/m0/s1. The first kappa shape index (κ1) is 30.0. The summed E-state index contributed by atoms with van der Waals surface area (Å²) in [5, 5.41) is 2.66. The summed E-state index contributed by atoms with van der Waals surface area (Å²) in [4.78, 5) is 58.7. The molecule has 0 spiro atoms. The molecule has 4 amide bonds. The molecule has 1 fully saturated rings. The Kier molecular flexibility index (Phi) is 9.94. The average Bonchev–Trinajstić information content (AvgIpc) is 2.98. The molecule has 0 aliphatic carbocycles. The molecule has 0 radical (unpaired) electrons. The summed E-state index contributed by atoms with van der Waals surface area (Å²) in [5.74, 6) is -1.73. The van der Waals surface area contributed by atoms with Crippen LogP contribution in [0.5, 0.6) is 0 Å². The number of rotatable bonds is 9. The Morgan fingerprint density at radius 2 is 1.56 bits per heavy atom. The highest BCUT2D eigenvalue weighted by atomic mass is 16.5. The molecule has 0 saturated carbocycles. The van der Waals surface area contributed by atoms with E-state index in [0.29, 0.717) is 24.4 Å². The summed E-state index contributed by atoms with van der Waals surface area (Å²) < 4.78 is 5.12. The van der Waals surface area contributed by atoms with Crippen LogP contribution in [0.1, 0.15) is 51.2 Å². The van der Waals surface area contributed by atoms with E-state index in [1.54, 1.807) is 6.20 Å². The number of piperidine rings is 1. The number of carbonyl (C=O) groups excluding carboxylic acids is 4. The third kappa shape index (κ3) is 6.68. The minimum absolute atomic E-state index is 0.192. The maximum Gasteiger partial charge on any atom is 0.269 e. The molecule has 41 heavy (non-hydrogen) atoms. The predicted octanol–water partition coefficient (Wildman–Crippen LogP) is 3.71. The van der Waals surface area contributed by atoms with Gasteiger partial charge in [0.05, 0.1) is 5.70 Å². The quantitative estimate of drug-likeness (QED) is 0.467. The Labute approximate surface area is 242 Å². The fourth-order valence-electron chi connectivity index (χ4n) is 5.63. The summed E-state index contributed by atoms with van der Waals surface area (Å²) in [7, 11) is 1.43. The Bertz CT molecular complexity index is 1260. The molecule has 2 atom stereocenters. The average molecular weight is 561 g/mol. The SMILES string of the molecule is COCC(=O)N1C=C(c2ccccc2)N(N(C(C)=O)[C@@H](Cc2ccccc2)C(=O)N2CCCCC2)C(=O)C1C(C)C. The Hall–Kier alpha value is -3.98. The summed E-state index contributed by atoms with van der Waals surface area (Å²) in [5.41, 5.74) is 1.85. The van der Waals surface area contributed by atoms with E-state index in [-0.39, 0.29) is 30.8 Å². The number of likely N-dealkylation sites (tertiary alicyclic amines) is 1. The van der Waals surface area contributed by atoms with Crippen molar-refractivity contribution in [2.24, 2.45) is 5.92 Å². The van der Waals surface area contributed by atoms with Gasteiger partial charge in [0.2, 0.25) is 11.8 Å². The molecule has 0 aromatic heterocycles. The molecule has 0 bridgehead atoms.